The maximum Gasteiger partial charge on any atom is 0.410 e. The molecule has 196 valence electrons. The number of carbonyl (C=O) groups excluding carboxylic acids is 3. The monoisotopic (exact) mass is 529 g/mol. The van der Waals surface area contributed by atoms with Crippen LogP contribution < -0.4 is 21.9 Å². The van der Waals surface area contributed by atoms with Gasteiger partial charge in [0.05, 0.1) is 16.1 Å². The summed E-state index contributed by atoms with van der Waals surface area (Å²) < 4.78 is 6.83. The molecule has 4 N–H and O–H groups in total. The van der Waals surface area contributed by atoms with Crippen molar-refractivity contribution in [1.82, 2.24) is 24.8 Å². The minimum Gasteiger partial charge on any atom is -0.444 e. The number of likely N-dealkylation sites (tertiary alicyclic amines) is 1. The van der Waals surface area contributed by atoms with Crippen molar-refractivity contribution in [3.05, 3.63) is 45.2 Å². The zero-order valence-corrected chi connectivity index (χ0v) is 21.5. The number of ether oxygens (including phenoxy) is 1. The number of amides is 3. The van der Waals surface area contributed by atoms with Crippen LogP contribution in [0, 0.1) is 0 Å². The second-order valence-corrected chi connectivity index (χ2v) is 11.1. The third-order valence-electron chi connectivity index (χ3n) is 7.03. The predicted octanol–water partition coefficient (Wildman–Crippen LogP) is 1.98. The van der Waals surface area contributed by atoms with E-state index in [4.69, 9.17) is 22.1 Å². The minimum absolute atomic E-state index is 0.0666. The molecule has 2 fully saturated rings. The number of nitrogens with zero attached hydrogens (tertiary/aromatic N) is 4. The molecular weight excluding hydrogens is 502 g/mol. The number of anilines is 2. The first kappa shape index (κ1) is 25.0. The van der Waals surface area contributed by atoms with Gasteiger partial charge in [-0.05, 0) is 39.7 Å². The van der Waals surface area contributed by atoms with Crippen LogP contribution in [0.1, 0.15) is 62.6 Å². The smallest absolute Gasteiger partial charge is 0.410 e. The summed E-state index contributed by atoms with van der Waals surface area (Å²) in [7, 11) is 0. The molecule has 0 aromatic carbocycles. The molecule has 4 heterocycles. The van der Waals surface area contributed by atoms with Gasteiger partial charge < -0.3 is 26.0 Å². The number of piperidine rings is 1. The van der Waals surface area contributed by atoms with Crippen molar-refractivity contribution in [3.8, 4) is 0 Å². The van der Waals surface area contributed by atoms with Crippen LogP contribution in [0.25, 0.3) is 0 Å². The number of hydrogen-bond donors (Lipinski definition) is 3. The second kappa shape index (κ2) is 8.44. The van der Waals surface area contributed by atoms with E-state index in [2.05, 4.69) is 20.6 Å². The first-order chi connectivity index (χ1) is 17.4. The third-order valence-corrected chi connectivity index (χ3v) is 7.32. The number of hydrogen-bond acceptors (Lipinski definition) is 8. The summed E-state index contributed by atoms with van der Waals surface area (Å²) in [6, 6.07) is 2.97. The Labute approximate surface area is 217 Å². The Kier molecular flexibility index (Phi) is 5.70. The molecule has 13 heteroatoms. The Balaban J connectivity index is 1.44. The first-order valence-corrected chi connectivity index (χ1v) is 12.4. The molecule has 1 saturated heterocycles. The fraction of sp³-hybridized carbons (Fsp3) is 0.500. The molecule has 3 amide bonds. The summed E-state index contributed by atoms with van der Waals surface area (Å²) in [6.07, 6.45) is 2.64. The summed E-state index contributed by atoms with van der Waals surface area (Å²) in [5.74, 6) is -0.625. The van der Waals surface area contributed by atoms with Gasteiger partial charge in [0.25, 0.3) is 11.5 Å². The zero-order valence-electron chi connectivity index (χ0n) is 20.8. The molecular formula is C24H28ClN7O5. The van der Waals surface area contributed by atoms with Crippen molar-refractivity contribution in [1.29, 1.82) is 0 Å². The molecule has 1 saturated carbocycles. The molecule has 0 atom stereocenters. The Morgan fingerprint density at radius 2 is 1.81 bits per heavy atom. The molecule has 2 aromatic rings. The lowest BCUT2D eigenvalue weighted by atomic mass is 9.97. The number of rotatable bonds is 4. The summed E-state index contributed by atoms with van der Waals surface area (Å²) in [5, 5.41) is 5.98. The second-order valence-electron chi connectivity index (χ2n) is 10.7. The highest BCUT2D eigenvalue weighted by Gasteiger charge is 2.52. The number of carbonyl (C=O) groups is 3. The van der Waals surface area contributed by atoms with Gasteiger partial charge in [0.2, 0.25) is 5.91 Å². The van der Waals surface area contributed by atoms with Crippen LogP contribution in [-0.4, -0.2) is 56.0 Å². The highest BCUT2D eigenvalue weighted by molar-refractivity contribution is 6.34. The highest BCUT2D eigenvalue weighted by atomic mass is 35.5. The van der Waals surface area contributed by atoms with E-state index in [9.17, 15) is 19.2 Å². The van der Waals surface area contributed by atoms with Gasteiger partial charge in [-0.3, -0.25) is 19.0 Å². The standard InChI is InChI=1S/C24H28ClN7O5/c1-22(2,3)37-21(36)31-8-6-24(7-9-31)30-18(33)17-13(25)10-14(19(34)32(17)24)29-16-11-15(27-12-28-16)23(4-5-23)20(26)35/h10-12H,4-9H2,1-3H3,(H2,26,35)(H,30,33)(H,27,28,29). The van der Waals surface area contributed by atoms with Gasteiger partial charge in [0.1, 0.15) is 34.8 Å². The molecule has 5 rings (SSSR count). The van der Waals surface area contributed by atoms with E-state index in [-0.39, 0.29) is 35.3 Å². The zero-order chi connectivity index (χ0) is 26.8. The molecule has 0 radical (unpaired) electrons. The van der Waals surface area contributed by atoms with Gasteiger partial charge in [0, 0.05) is 32.0 Å². The molecule has 2 aromatic heterocycles. The lowest BCUT2D eigenvalue weighted by molar-refractivity contribution is -0.120. The molecule has 2 aliphatic heterocycles. The third kappa shape index (κ3) is 4.28. The van der Waals surface area contributed by atoms with Crippen LogP contribution in [0.5, 0.6) is 0 Å². The predicted molar refractivity (Wildman–Crippen MR) is 134 cm³/mol. The molecule has 1 aliphatic carbocycles. The van der Waals surface area contributed by atoms with Gasteiger partial charge in [-0.1, -0.05) is 11.6 Å². The highest BCUT2D eigenvalue weighted by Crippen LogP contribution is 2.47. The van der Waals surface area contributed by atoms with Gasteiger partial charge in [-0.25, -0.2) is 14.8 Å². The average molecular weight is 530 g/mol. The van der Waals surface area contributed by atoms with Crippen LogP contribution in [0.2, 0.25) is 5.02 Å². The Morgan fingerprint density at radius 1 is 1.14 bits per heavy atom. The molecule has 1 spiro atoms. The summed E-state index contributed by atoms with van der Waals surface area (Å²) in [6.45, 7) is 5.93. The summed E-state index contributed by atoms with van der Waals surface area (Å²) >= 11 is 6.48. The van der Waals surface area contributed by atoms with Gasteiger partial charge in [-0.2, -0.15) is 0 Å². The number of pyridine rings is 1. The van der Waals surface area contributed by atoms with Crippen molar-refractivity contribution in [2.75, 3.05) is 18.4 Å². The van der Waals surface area contributed by atoms with Gasteiger partial charge in [-0.15, -0.1) is 0 Å². The molecule has 0 unspecified atom stereocenters. The lowest BCUT2D eigenvalue weighted by Crippen LogP contribution is -2.56. The number of nitrogens with one attached hydrogen (secondary N) is 2. The van der Waals surface area contributed by atoms with Crippen molar-refractivity contribution >= 4 is 41.0 Å². The van der Waals surface area contributed by atoms with Crippen LogP contribution in [0.3, 0.4) is 0 Å². The minimum atomic E-state index is -1.04. The van der Waals surface area contributed by atoms with E-state index in [0.717, 1.165) is 0 Å². The fourth-order valence-electron chi connectivity index (χ4n) is 4.93. The number of aromatic nitrogens is 3. The van der Waals surface area contributed by atoms with Crippen molar-refractivity contribution in [2.24, 2.45) is 5.73 Å². The van der Waals surface area contributed by atoms with Crippen LogP contribution >= 0.6 is 11.6 Å². The van der Waals surface area contributed by atoms with Crippen LogP contribution in [0.15, 0.2) is 23.3 Å². The maximum absolute atomic E-state index is 13.7. The number of halogens is 1. The lowest BCUT2D eigenvalue weighted by Gasteiger charge is -2.40. The van der Waals surface area contributed by atoms with Crippen molar-refractivity contribution in [2.45, 2.75) is 63.1 Å². The molecule has 12 nitrogen and oxygen atoms in total. The van der Waals surface area contributed by atoms with Gasteiger partial charge >= 0.3 is 6.09 Å². The Morgan fingerprint density at radius 3 is 2.41 bits per heavy atom. The van der Waals surface area contributed by atoms with E-state index in [1.165, 1.54) is 17.0 Å². The molecule has 3 aliphatic rings. The summed E-state index contributed by atoms with van der Waals surface area (Å²) in [4.78, 5) is 60.9. The van der Waals surface area contributed by atoms with E-state index in [1.54, 1.807) is 31.7 Å². The van der Waals surface area contributed by atoms with Crippen LogP contribution in [-0.2, 0) is 20.6 Å². The number of nitrogens with two attached hydrogens (primary N) is 1. The first-order valence-electron chi connectivity index (χ1n) is 12.0. The van der Waals surface area contributed by atoms with Crippen molar-refractivity contribution < 1.29 is 19.1 Å². The topological polar surface area (TPSA) is 162 Å². The van der Waals surface area contributed by atoms with Crippen LogP contribution in [0.4, 0.5) is 16.3 Å². The Bertz CT molecular complexity index is 1370. The average Bonchev–Trinajstić information content (AvgIpc) is 3.58. The van der Waals surface area contributed by atoms with E-state index in [0.29, 0.717) is 31.4 Å². The quantitative estimate of drug-likeness (QED) is 0.541. The maximum atomic E-state index is 13.7. The molecule has 37 heavy (non-hydrogen) atoms. The van der Waals surface area contributed by atoms with Gasteiger partial charge in [0.15, 0.2) is 0 Å². The van der Waals surface area contributed by atoms with E-state index < -0.39 is 40.1 Å². The number of primary amides is 1. The van der Waals surface area contributed by atoms with E-state index >= 15 is 0 Å². The van der Waals surface area contributed by atoms with E-state index in [1.807, 2.05) is 0 Å². The number of fused-ring (bicyclic) bond motifs is 2. The summed E-state index contributed by atoms with van der Waals surface area (Å²) in [5.41, 5.74) is 3.25. The molecule has 0 bridgehead atoms. The fourth-order valence-corrected chi connectivity index (χ4v) is 5.21. The van der Waals surface area contributed by atoms with Crippen molar-refractivity contribution in [3.63, 3.8) is 0 Å². The Hall–Kier alpha value is -3.67. The largest absolute Gasteiger partial charge is 0.444 e. The normalized spacial score (nSPS) is 19.2. The SMILES string of the molecule is CC(C)(C)OC(=O)N1CCC2(CC1)NC(=O)c1c(Cl)cc(Nc3cc(C4(C(N)=O)CC4)ncn3)c(=O)n12.